The topological polar surface area (TPSA) is 24.9 Å². The maximum atomic E-state index is 6.25. The van der Waals surface area contributed by atoms with E-state index in [0.29, 0.717) is 15.1 Å². The van der Waals surface area contributed by atoms with Crippen LogP contribution in [0.3, 0.4) is 0 Å². The molecule has 0 aliphatic heterocycles. The van der Waals surface area contributed by atoms with Crippen LogP contribution in [0.15, 0.2) is 24.3 Å². The molecule has 1 unspecified atom stereocenters. The minimum absolute atomic E-state index is 0.000438. The molecule has 106 valence electrons. The second-order valence-corrected chi connectivity index (χ2v) is 5.88. The minimum Gasteiger partial charge on any atom is -0.377 e. The smallest absolute Gasteiger partial charge is 0.0782 e. The molecule has 1 aromatic heterocycles. The molecular weight excluding hydrogens is 315 g/mol. The fourth-order valence-corrected chi connectivity index (χ4v) is 2.73. The highest BCUT2D eigenvalue weighted by atomic mass is 35.5. The second kappa shape index (κ2) is 6.21. The van der Waals surface area contributed by atoms with E-state index in [4.69, 9.17) is 34.8 Å². The maximum Gasteiger partial charge on any atom is 0.0782 e. The number of hydrogen-bond donors (Lipinski definition) is 1. The molecule has 1 atom stereocenters. The van der Waals surface area contributed by atoms with E-state index in [1.54, 1.807) is 6.07 Å². The predicted molar refractivity (Wildman–Crippen MR) is 87.2 cm³/mol. The van der Waals surface area contributed by atoms with Crippen LogP contribution in [0.25, 0.3) is 0 Å². The zero-order valence-corrected chi connectivity index (χ0v) is 13.7. The van der Waals surface area contributed by atoms with Crippen LogP contribution in [-0.2, 0) is 0 Å². The average molecular weight is 330 g/mol. The Labute approximate surface area is 134 Å². The van der Waals surface area contributed by atoms with Gasteiger partial charge >= 0.3 is 0 Å². The summed E-state index contributed by atoms with van der Waals surface area (Å²) in [5, 5.41) is 4.72. The van der Waals surface area contributed by atoms with Crippen molar-refractivity contribution in [3.05, 3.63) is 56.3 Å². The molecule has 0 saturated carbocycles. The zero-order chi connectivity index (χ0) is 14.9. The first kappa shape index (κ1) is 15.4. The first-order valence-electron chi connectivity index (χ1n) is 6.24. The Balaban J connectivity index is 2.28. The molecule has 0 fully saturated rings. The van der Waals surface area contributed by atoms with E-state index < -0.39 is 0 Å². The monoisotopic (exact) mass is 328 g/mol. The van der Waals surface area contributed by atoms with Gasteiger partial charge in [-0.05, 0) is 44.5 Å². The predicted octanol–water partition coefficient (Wildman–Crippen LogP) is 5.83. The summed E-state index contributed by atoms with van der Waals surface area (Å²) < 4.78 is 0. The molecule has 2 rings (SSSR count). The summed E-state index contributed by atoms with van der Waals surface area (Å²) in [5.74, 6) is 0. The van der Waals surface area contributed by atoms with Gasteiger partial charge in [-0.2, -0.15) is 0 Å². The van der Waals surface area contributed by atoms with Gasteiger partial charge in [-0.25, -0.2) is 0 Å². The number of anilines is 1. The number of nitrogens with zero attached hydrogens (tertiary/aromatic N) is 1. The molecular formula is C15H15Cl3N2. The molecule has 20 heavy (non-hydrogen) atoms. The highest BCUT2D eigenvalue weighted by Gasteiger charge is 2.15. The summed E-state index contributed by atoms with van der Waals surface area (Å²) in [5.41, 5.74) is 3.83. The number of benzene rings is 1. The van der Waals surface area contributed by atoms with Crippen molar-refractivity contribution in [2.45, 2.75) is 26.8 Å². The highest BCUT2D eigenvalue weighted by molar-refractivity contribution is 6.48. The summed E-state index contributed by atoms with van der Waals surface area (Å²) in [4.78, 5) is 4.43. The van der Waals surface area contributed by atoms with Gasteiger partial charge in [0.15, 0.2) is 0 Å². The zero-order valence-electron chi connectivity index (χ0n) is 11.5. The van der Waals surface area contributed by atoms with E-state index in [2.05, 4.69) is 10.3 Å². The molecule has 0 spiro atoms. The van der Waals surface area contributed by atoms with E-state index in [1.807, 2.05) is 39.0 Å². The van der Waals surface area contributed by atoms with Crippen molar-refractivity contribution in [1.82, 2.24) is 4.98 Å². The molecule has 0 aliphatic carbocycles. The van der Waals surface area contributed by atoms with Gasteiger partial charge in [0.2, 0.25) is 0 Å². The molecule has 0 aliphatic rings. The van der Waals surface area contributed by atoms with Crippen molar-refractivity contribution in [2.24, 2.45) is 0 Å². The summed E-state index contributed by atoms with van der Waals surface area (Å²) in [6.07, 6.45) is 0. The van der Waals surface area contributed by atoms with Crippen molar-refractivity contribution in [2.75, 3.05) is 5.32 Å². The molecule has 2 aromatic rings. The van der Waals surface area contributed by atoms with Crippen LogP contribution in [0.5, 0.6) is 0 Å². The molecule has 1 N–H and O–H groups in total. The Morgan fingerprint density at radius 3 is 2.35 bits per heavy atom. The number of aryl methyl sites for hydroxylation is 2. The average Bonchev–Trinajstić information content (AvgIpc) is 2.39. The van der Waals surface area contributed by atoms with E-state index in [1.165, 1.54) is 0 Å². The lowest BCUT2D eigenvalue weighted by Gasteiger charge is -2.19. The number of halogens is 3. The molecule has 0 bridgehead atoms. The highest BCUT2D eigenvalue weighted by Crippen LogP contribution is 2.36. The van der Waals surface area contributed by atoms with Gasteiger partial charge in [0.25, 0.3) is 0 Å². The third-order valence-corrected chi connectivity index (χ3v) is 4.44. The third-order valence-electron chi connectivity index (χ3n) is 3.13. The van der Waals surface area contributed by atoms with Crippen molar-refractivity contribution in [1.29, 1.82) is 0 Å². The third kappa shape index (κ3) is 3.20. The van der Waals surface area contributed by atoms with Crippen molar-refractivity contribution in [3.63, 3.8) is 0 Å². The Morgan fingerprint density at radius 2 is 1.70 bits per heavy atom. The Morgan fingerprint density at radius 1 is 1.00 bits per heavy atom. The molecule has 1 heterocycles. The van der Waals surface area contributed by atoms with Gasteiger partial charge in [0.05, 0.1) is 32.5 Å². The van der Waals surface area contributed by atoms with Gasteiger partial charge in [-0.1, -0.05) is 40.9 Å². The van der Waals surface area contributed by atoms with Crippen molar-refractivity contribution < 1.29 is 0 Å². The lowest BCUT2D eigenvalue weighted by molar-refractivity contribution is 0.878. The van der Waals surface area contributed by atoms with Gasteiger partial charge in [0.1, 0.15) is 0 Å². The Kier molecular flexibility index (Phi) is 4.79. The molecule has 0 radical (unpaired) electrons. The number of pyridine rings is 1. The summed E-state index contributed by atoms with van der Waals surface area (Å²) in [6, 6.07) is 7.62. The SMILES string of the molecule is Cc1ccc(NC(C)c2ccc(Cl)c(Cl)c2Cl)c(C)n1. The number of hydrogen-bond acceptors (Lipinski definition) is 2. The van der Waals surface area contributed by atoms with Crippen molar-refractivity contribution in [3.8, 4) is 0 Å². The lowest BCUT2D eigenvalue weighted by atomic mass is 10.1. The van der Waals surface area contributed by atoms with Crippen LogP contribution in [0.4, 0.5) is 5.69 Å². The quantitative estimate of drug-likeness (QED) is 0.716. The van der Waals surface area contributed by atoms with Crippen LogP contribution in [0, 0.1) is 13.8 Å². The van der Waals surface area contributed by atoms with Gasteiger partial charge in [0, 0.05) is 5.69 Å². The van der Waals surface area contributed by atoms with E-state index >= 15 is 0 Å². The second-order valence-electron chi connectivity index (χ2n) is 4.72. The largest absolute Gasteiger partial charge is 0.377 e. The molecule has 0 amide bonds. The number of nitrogens with one attached hydrogen (secondary N) is 1. The standard InChI is InChI=1S/C15H15Cl3N2/c1-8-4-7-13(10(3)19-8)20-9(2)11-5-6-12(16)15(18)14(11)17/h4-7,9,20H,1-3H3. The maximum absolute atomic E-state index is 6.25. The fourth-order valence-electron chi connectivity index (χ4n) is 2.03. The van der Waals surface area contributed by atoms with Gasteiger partial charge < -0.3 is 5.32 Å². The van der Waals surface area contributed by atoms with E-state index in [9.17, 15) is 0 Å². The fraction of sp³-hybridized carbons (Fsp3) is 0.267. The van der Waals surface area contributed by atoms with Gasteiger partial charge in [-0.15, -0.1) is 0 Å². The minimum atomic E-state index is 0.000438. The lowest BCUT2D eigenvalue weighted by Crippen LogP contribution is -2.09. The molecule has 0 saturated heterocycles. The number of rotatable bonds is 3. The molecule has 5 heteroatoms. The first-order chi connectivity index (χ1) is 9.40. The van der Waals surface area contributed by atoms with Crippen LogP contribution < -0.4 is 5.32 Å². The van der Waals surface area contributed by atoms with Crippen LogP contribution in [0.2, 0.25) is 15.1 Å². The summed E-state index contributed by atoms with van der Waals surface area (Å²) in [7, 11) is 0. The number of aromatic nitrogens is 1. The van der Waals surface area contributed by atoms with Crippen LogP contribution >= 0.6 is 34.8 Å². The normalized spacial score (nSPS) is 12.3. The molecule has 2 nitrogen and oxygen atoms in total. The van der Waals surface area contributed by atoms with Crippen LogP contribution in [-0.4, -0.2) is 4.98 Å². The van der Waals surface area contributed by atoms with Gasteiger partial charge in [-0.3, -0.25) is 4.98 Å². The molecule has 1 aromatic carbocycles. The first-order valence-corrected chi connectivity index (χ1v) is 7.37. The summed E-state index contributed by atoms with van der Waals surface area (Å²) >= 11 is 18.3. The van der Waals surface area contributed by atoms with E-state index in [-0.39, 0.29) is 6.04 Å². The Bertz CT molecular complexity index is 641. The van der Waals surface area contributed by atoms with Crippen molar-refractivity contribution >= 4 is 40.5 Å². The summed E-state index contributed by atoms with van der Waals surface area (Å²) in [6.45, 7) is 5.96. The van der Waals surface area contributed by atoms with Crippen LogP contribution in [0.1, 0.15) is 29.9 Å². The van der Waals surface area contributed by atoms with E-state index in [0.717, 1.165) is 22.6 Å². The Hall–Kier alpha value is -0.960.